The van der Waals surface area contributed by atoms with Gasteiger partial charge in [0.05, 0.1) is 36.6 Å². The second-order valence-electron chi connectivity index (χ2n) is 11.3. The lowest BCUT2D eigenvalue weighted by Gasteiger charge is -2.30. The molecule has 2 unspecified atom stereocenters. The molecule has 3 heterocycles. The fraction of sp³-hybridized carbons (Fsp3) is 0.162. The predicted molar refractivity (Wildman–Crippen MR) is 170 cm³/mol. The van der Waals surface area contributed by atoms with E-state index in [-0.39, 0.29) is 53.9 Å². The number of ether oxygens (including phenoxy) is 1. The average Bonchev–Trinajstić information content (AvgIpc) is 3.88. The number of aromatic nitrogens is 2. The van der Waals surface area contributed by atoms with Crippen molar-refractivity contribution in [1.29, 1.82) is 0 Å². The fourth-order valence-corrected chi connectivity index (χ4v) is 7.42. The summed E-state index contributed by atoms with van der Waals surface area (Å²) in [5, 5.41) is 2.27. The minimum absolute atomic E-state index is 0.00841. The summed E-state index contributed by atoms with van der Waals surface area (Å²) >= 11 is 0. The van der Waals surface area contributed by atoms with Crippen molar-refractivity contribution in [3.8, 4) is 17.3 Å². The van der Waals surface area contributed by atoms with Crippen LogP contribution in [0.4, 0.5) is 11.4 Å². The van der Waals surface area contributed by atoms with E-state index >= 15 is 0 Å². The van der Waals surface area contributed by atoms with Crippen LogP contribution in [0.3, 0.4) is 0 Å². The Balaban J connectivity index is 1.08. The Hall–Kier alpha value is -5.03. The number of hydrogen-bond donors (Lipinski definition) is 0. The molecular weight excluding hydrogens is 516 g/mol. The number of benzene rings is 4. The smallest absolute Gasteiger partial charge is 0.137 e. The lowest BCUT2D eigenvalue weighted by atomic mass is 9.95. The lowest BCUT2D eigenvalue weighted by molar-refractivity contribution is 0.482. The largest absolute Gasteiger partial charge is 0.457 e. The average molecular weight is 552 g/mol. The summed E-state index contributed by atoms with van der Waals surface area (Å²) in [6.45, 7) is 0.414. The van der Waals surface area contributed by atoms with Crippen LogP contribution < -0.4 is 14.5 Å². The van der Waals surface area contributed by atoms with E-state index in [0.29, 0.717) is 24.1 Å². The van der Waals surface area contributed by atoms with Crippen molar-refractivity contribution in [2.24, 2.45) is 11.8 Å². The normalized spacial score (nSPS) is 24.0. The van der Waals surface area contributed by atoms with Crippen LogP contribution in [-0.4, -0.2) is 28.3 Å². The SMILES string of the molecule is [2H]c1c([2H])c([2H])c(N2CN(c3cccc(Oc4ccc5c6ccccc6n(-c6ccccn6)c5c4)c3)[C@@H]3C2C2C=C[C@@H]3C2)c([2H])c1[2H]. The molecule has 1 saturated carbocycles. The second kappa shape index (κ2) is 9.25. The molecule has 2 aromatic heterocycles. The number of anilines is 2. The Morgan fingerprint density at radius 3 is 2.29 bits per heavy atom. The van der Waals surface area contributed by atoms with Crippen molar-refractivity contribution in [3.05, 3.63) is 133 Å². The van der Waals surface area contributed by atoms with Crippen LogP contribution in [0.25, 0.3) is 27.6 Å². The third-order valence-corrected chi connectivity index (χ3v) is 9.08. The van der Waals surface area contributed by atoms with E-state index in [2.05, 4.69) is 56.9 Å². The molecule has 5 heteroatoms. The van der Waals surface area contributed by atoms with Gasteiger partial charge in [0.2, 0.25) is 0 Å². The molecule has 0 amide bonds. The molecule has 3 aliphatic rings. The summed E-state index contributed by atoms with van der Waals surface area (Å²) in [7, 11) is 0. The van der Waals surface area contributed by atoms with Crippen LogP contribution in [0, 0.1) is 11.8 Å². The first-order valence-corrected chi connectivity index (χ1v) is 14.4. The third-order valence-electron chi connectivity index (χ3n) is 9.08. The van der Waals surface area contributed by atoms with Crippen LogP contribution in [0.2, 0.25) is 0 Å². The monoisotopic (exact) mass is 551 g/mol. The van der Waals surface area contributed by atoms with E-state index in [1.807, 2.05) is 59.5 Å². The van der Waals surface area contributed by atoms with Gasteiger partial charge in [-0.25, -0.2) is 4.98 Å². The molecule has 0 N–H and O–H groups in total. The number of pyridine rings is 1. The van der Waals surface area contributed by atoms with Crippen molar-refractivity contribution in [2.45, 2.75) is 18.5 Å². The minimum atomic E-state index is -0.368. The Bertz CT molecular complexity index is 2220. The van der Waals surface area contributed by atoms with Crippen LogP contribution in [0.1, 0.15) is 13.3 Å². The van der Waals surface area contributed by atoms with Crippen molar-refractivity contribution in [3.63, 3.8) is 0 Å². The summed E-state index contributed by atoms with van der Waals surface area (Å²) < 4.78 is 50.8. The maximum atomic E-state index is 8.70. The molecule has 9 rings (SSSR count). The Kier molecular flexibility index (Phi) is 4.22. The molecular formula is C37H30N4O. The topological polar surface area (TPSA) is 33.5 Å². The number of fused-ring (bicyclic) bond motifs is 8. The lowest BCUT2D eigenvalue weighted by Crippen LogP contribution is -2.40. The zero-order valence-corrected chi connectivity index (χ0v) is 22.7. The van der Waals surface area contributed by atoms with E-state index in [1.165, 1.54) is 0 Å². The van der Waals surface area contributed by atoms with Crippen molar-refractivity contribution < 1.29 is 11.6 Å². The number of nitrogens with zero attached hydrogens (tertiary/aromatic N) is 4. The molecule has 4 aromatic carbocycles. The highest BCUT2D eigenvalue weighted by Gasteiger charge is 2.54. The fourth-order valence-electron chi connectivity index (χ4n) is 7.42. The zero-order chi connectivity index (χ0) is 32.0. The maximum absolute atomic E-state index is 8.70. The summed E-state index contributed by atoms with van der Waals surface area (Å²) in [5.41, 5.74) is 3.33. The first kappa shape index (κ1) is 19.2. The summed E-state index contributed by atoms with van der Waals surface area (Å²) in [6.07, 6.45) is 7.30. The Morgan fingerprint density at radius 2 is 1.45 bits per heavy atom. The third kappa shape index (κ3) is 3.59. The van der Waals surface area contributed by atoms with Gasteiger partial charge in [-0.1, -0.05) is 60.6 Å². The predicted octanol–water partition coefficient (Wildman–Crippen LogP) is 8.20. The maximum Gasteiger partial charge on any atom is 0.137 e. The molecule has 1 aliphatic heterocycles. The van der Waals surface area contributed by atoms with Gasteiger partial charge in [-0.3, -0.25) is 4.57 Å². The van der Waals surface area contributed by atoms with Crippen molar-refractivity contribution >= 4 is 33.2 Å². The van der Waals surface area contributed by atoms with E-state index in [0.717, 1.165) is 39.7 Å². The van der Waals surface area contributed by atoms with Crippen LogP contribution in [-0.2, 0) is 0 Å². The van der Waals surface area contributed by atoms with Gasteiger partial charge < -0.3 is 14.5 Å². The quantitative estimate of drug-likeness (QED) is 0.202. The number of hydrogen-bond acceptors (Lipinski definition) is 4. The standard InChI is InChI=1S/C37H30N4O/c1-2-9-27(10-3-1)39-24-40(37-26-17-16-25(21-26)36(37)39)28-11-8-12-29(22-28)42-30-18-19-32-31-13-4-5-14-33(31)41(34(32)23-30)35-15-6-7-20-38-35/h1-20,22-23,25-26,36-37H,21,24H2/t25?,26-,36?,37+/m1/s1/i1D,2D,3D,9D,10D. The highest BCUT2D eigenvalue weighted by Crippen LogP contribution is 2.50. The highest BCUT2D eigenvalue weighted by atomic mass is 16.5. The minimum Gasteiger partial charge on any atom is -0.457 e. The van der Waals surface area contributed by atoms with Gasteiger partial charge in [0.25, 0.3) is 0 Å². The zero-order valence-electron chi connectivity index (χ0n) is 27.7. The van der Waals surface area contributed by atoms with E-state index in [4.69, 9.17) is 11.6 Å². The summed E-state index contributed by atoms with van der Waals surface area (Å²) in [6, 6.07) is 27.3. The molecule has 0 radical (unpaired) electrons. The first-order chi connectivity index (χ1) is 22.9. The van der Waals surface area contributed by atoms with Gasteiger partial charge in [0.1, 0.15) is 17.3 Å². The van der Waals surface area contributed by atoms with E-state index in [1.54, 1.807) is 6.20 Å². The Morgan fingerprint density at radius 1 is 0.690 bits per heavy atom. The van der Waals surface area contributed by atoms with Crippen LogP contribution in [0.15, 0.2) is 133 Å². The van der Waals surface area contributed by atoms with Gasteiger partial charge in [-0.05, 0) is 72.8 Å². The van der Waals surface area contributed by atoms with Crippen molar-refractivity contribution in [1.82, 2.24) is 9.55 Å². The molecule has 2 fully saturated rings. The summed E-state index contributed by atoms with van der Waals surface area (Å²) in [5.74, 6) is 2.81. The van der Waals surface area contributed by atoms with E-state index < -0.39 is 0 Å². The second-order valence-corrected chi connectivity index (χ2v) is 11.3. The first-order valence-electron chi connectivity index (χ1n) is 16.9. The molecule has 2 bridgehead atoms. The highest BCUT2D eigenvalue weighted by molar-refractivity contribution is 6.09. The van der Waals surface area contributed by atoms with Gasteiger partial charge in [-0.15, -0.1) is 0 Å². The molecule has 204 valence electrons. The molecule has 6 aromatic rings. The van der Waals surface area contributed by atoms with E-state index in [9.17, 15) is 0 Å². The van der Waals surface area contributed by atoms with Crippen molar-refractivity contribution in [2.75, 3.05) is 16.5 Å². The molecule has 42 heavy (non-hydrogen) atoms. The molecule has 0 spiro atoms. The van der Waals surface area contributed by atoms with Gasteiger partial charge >= 0.3 is 0 Å². The summed E-state index contributed by atoms with van der Waals surface area (Å²) in [4.78, 5) is 8.99. The van der Waals surface area contributed by atoms with Gasteiger partial charge in [0.15, 0.2) is 0 Å². The van der Waals surface area contributed by atoms with Gasteiger partial charge in [-0.2, -0.15) is 0 Å². The number of rotatable bonds is 5. The molecule has 5 nitrogen and oxygen atoms in total. The van der Waals surface area contributed by atoms with Crippen LogP contribution >= 0.6 is 0 Å². The Labute approximate surface area is 251 Å². The number of para-hydroxylation sites is 2. The van der Waals surface area contributed by atoms with Crippen LogP contribution in [0.5, 0.6) is 11.5 Å². The molecule has 2 aliphatic carbocycles. The van der Waals surface area contributed by atoms with Gasteiger partial charge in [0, 0.05) is 40.5 Å². The molecule has 4 atom stereocenters. The molecule has 1 saturated heterocycles.